The lowest BCUT2D eigenvalue weighted by atomic mass is 10.1. The Morgan fingerprint density at radius 2 is 1.59 bits per heavy atom. The summed E-state index contributed by atoms with van der Waals surface area (Å²) in [4.78, 5) is 0. The van der Waals surface area contributed by atoms with Gasteiger partial charge in [0.15, 0.2) is 0 Å². The first-order valence-corrected chi connectivity index (χ1v) is 10.7. The zero-order chi connectivity index (χ0) is 16.5. The first-order valence-electron chi connectivity index (χ1n) is 9.13. The topological polar surface area (TPSA) is 18.5 Å². The van der Waals surface area contributed by atoms with E-state index in [-0.39, 0.29) is 11.5 Å². The van der Waals surface area contributed by atoms with E-state index in [1.54, 1.807) is 0 Å². The number of alkyl halides is 1. The van der Waals surface area contributed by atoms with Gasteiger partial charge in [-0.3, -0.25) is 0 Å². The van der Waals surface area contributed by atoms with Gasteiger partial charge in [0.05, 0.1) is 31.3 Å². The SMILES string of the molecule is CCCCCCSCCOCCO[C@@H](C)[C@H](Cl)CCCCC. The van der Waals surface area contributed by atoms with Gasteiger partial charge in [0.2, 0.25) is 0 Å². The predicted molar refractivity (Wildman–Crippen MR) is 101 cm³/mol. The summed E-state index contributed by atoms with van der Waals surface area (Å²) in [6.45, 7) is 8.69. The summed E-state index contributed by atoms with van der Waals surface area (Å²) in [6.07, 6.45) is 10.3. The van der Waals surface area contributed by atoms with Gasteiger partial charge < -0.3 is 9.47 Å². The molecule has 22 heavy (non-hydrogen) atoms. The quantitative estimate of drug-likeness (QED) is 0.239. The van der Waals surface area contributed by atoms with Crippen LogP contribution in [0, 0.1) is 0 Å². The molecule has 0 bridgehead atoms. The molecule has 4 heteroatoms. The molecule has 0 fully saturated rings. The number of rotatable bonds is 17. The molecule has 0 radical (unpaired) electrons. The van der Waals surface area contributed by atoms with E-state index in [2.05, 4.69) is 20.8 Å². The Morgan fingerprint density at radius 1 is 0.864 bits per heavy atom. The van der Waals surface area contributed by atoms with Crippen molar-refractivity contribution in [1.82, 2.24) is 0 Å². The molecule has 134 valence electrons. The Labute approximate surface area is 148 Å². The van der Waals surface area contributed by atoms with Crippen molar-refractivity contribution < 1.29 is 9.47 Å². The van der Waals surface area contributed by atoms with E-state index in [1.807, 2.05) is 11.8 Å². The van der Waals surface area contributed by atoms with Gasteiger partial charge in [0.25, 0.3) is 0 Å². The fourth-order valence-electron chi connectivity index (χ4n) is 2.17. The maximum Gasteiger partial charge on any atom is 0.0711 e. The van der Waals surface area contributed by atoms with E-state index >= 15 is 0 Å². The van der Waals surface area contributed by atoms with Gasteiger partial charge in [-0.15, -0.1) is 11.6 Å². The Bertz CT molecular complexity index is 217. The van der Waals surface area contributed by atoms with Crippen molar-refractivity contribution in [3.8, 4) is 0 Å². The molecule has 0 aliphatic carbocycles. The lowest BCUT2D eigenvalue weighted by molar-refractivity contribution is 0.0135. The molecule has 0 aromatic rings. The van der Waals surface area contributed by atoms with E-state index in [4.69, 9.17) is 21.1 Å². The maximum absolute atomic E-state index is 6.33. The molecule has 0 aromatic heterocycles. The van der Waals surface area contributed by atoms with E-state index in [9.17, 15) is 0 Å². The molecule has 0 rings (SSSR count). The van der Waals surface area contributed by atoms with Gasteiger partial charge in [-0.25, -0.2) is 0 Å². The summed E-state index contributed by atoms with van der Waals surface area (Å²) in [7, 11) is 0. The van der Waals surface area contributed by atoms with Crippen LogP contribution in [0.1, 0.15) is 72.1 Å². The average Bonchev–Trinajstić information content (AvgIpc) is 2.52. The highest BCUT2D eigenvalue weighted by Gasteiger charge is 2.14. The van der Waals surface area contributed by atoms with Gasteiger partial charge in [0, 0.05) is 5.75 Å². The van der Waals surface area contributed by atoms with Gasteiger partial charge in [-0.2, -0.15) is 11.8 Å². The third-order valence-corrected chi connectivity index (χ3v) is 5.32. The maximum atomic E-state index is 6.33. The minimum atomic E-state index is 0.120. The molecule has 0 heterocycles. The number of thioether (sulfide) groups is 1. The van der Waals surface area contributed by atoms with Crippen LogP contribution in [0.25, 0.3) is 0 Å². The second-order valence-corrected chi connectivity index (χ2v) is 7.66. The molecule has 2 atom stereocenters. The molecule has 0 saturated carbocycles. The van der Waals surface area contributed by atoms with E-state index < -0.39 is 0 Å². The van der Waals surface area contributed by atoms with Crippen molar-refractivity contribution in [2.75, 3.05) is 31.3 Å². The summed E-state index contributed by atoms with van der Waals surface area (Å²) in [5.74, 6) is 2.36. The van der Waals surface area contributed by atoms with Crippen LogP contribution in [-0.4, -0.2) is 42.8 Å². The Hall–Kier alpha value is 0.560. The van der Waals surface area contributed by atoms with Gasteiger partial charge in [-0.1, -0.05) is 52.4 Å². The van der Waals surface area contributed by atoms with Crippen LogP contribution in [0.5, 0.6) is 0 Å². The number of halogens is 1. The minimum Gasteiger partial charge on any atom is -0.378 e. The third kappa shape index (κ3) is 15.5. The molecule has 0 aromatic carbocycles. The van der Waals surface area contributed by atoms with Crippen molar-refractivity contribution in [3.63, 3.8) is 0 Å². The largest absolute Gasteiger partial charge is 0.378 e. The summed E-state index contributed by atoms with van der Waals surface area (Å²) < 4.78 is 11.3. The Morgan fingerprint density at radius 3 is 2.32 bits per heavy atom. The fourth-order valence-corrected chi connectivity index (χ4v) is 3.25. The molecule has 0 aliphatic rings. The van der Waals surface area contributed by atoms with Crippen LogP contribution in [0.15, 0.2) is 0 Å². The zero-order valence-corrected chi connectivity index (χ0v) is 16.5. The molecular formula is C18H37ClO2S. The van der Waals surface area contributed by atoms with Crippen LogP contribution < -0.4 is 0 Å². The summed E-state index contributed by atoms with van der Waals surface area (Å²) in [5.41, 5.74) is 0. The fraction of sp³-hybridized carbons (Fsp3) is 1.00. The van der Waals surface area contributed by atoms with E-state index in [0.29, 0.717) is 13.2 Å². The second kappa shape index (κ2) is 17.9. The van der Waals surface area contributed by atoms with E-state index in [0.717, 1.165) is 18.8 Å². The first-order chi connectivity index (χ1) is 10.7. The lowest BCUT2D eigenvalue weighted by Gasteiger charge is -2.18. The van der Waals surface area contributed by atoms with Crippen molar-refractivity contribution in [2.24, 2.45) is 0 Å². The van der Waals surface area contributed by atoms with Crippen molar-refractivity contribution in [3.05, 3.63) is 0 Å². The van der Waals surface area contributed by atoms with Crippen LogP contribution in [0.4, 0.5) is 0 Å². The number of hydrogen-bond acceptors (Lipinski definition) is 3. The molecule has 2 nitrogen and oxygen atoms in total. The van der Waals surface area contributed by atoms with Crippen LogP contribution in [0.3, 0.4) is 0 Å². The first kappa shape index (κ1) is 22.6. The van der Waals surface area contributed by atoms with Gasteiger partial charge in [-0.05, 0) is 25.5 Å². The second-order valence-electron chi connectivity index (χ2n) is 5.87. The summed E-state index contributed by atoms with van der Waals surface area (Å²) in [6, 6.07) is 0. The Balaban J connectivity index is 3.24. The monoisotopic (exact) mass is 352 g/mol. The summed E-state index contributed by atoms with van der Waals surface area (Å²) in [5, 5.41) is 0.130. The normalized spacial score (nSPS) is 14.2. The number of ether oxygens (including phenoxy) is 2. The van der Waals surface area contributed by atoms with Crippen molar-refractivity contribution in [2.45, 2.75) is 83.6 Å². The number of unbranched alkanes of at least 4 members (excludes halogenated alkanes) is 5. The van der Waals surface area contributed by atoms with E-state index in [1.165, 1.54) is 50.7 Å². The predicted octanol–water partition coefficient (Wildman–Crippen LogP) is 5.91. The lowest BCUT2D eigenvalue weighted by Crippen LogP contribution is -2.23. The minimum absolute atomic E-state index is 0.120. The van der Waals surface area contributed by atoms with Crippen LogP contribution in [0.2, 0.25) is 0 Å². The highest BCUT2D eigenvalue weighted by atomic mass is 35.5. The zero-order valence-electron chi connectivity index (χ0n) is 14.9. The molecule has 0 amide bonds. The molecule has 0 aliphatic heterocycles. The van der Waals surface area contributed by atoms with Crippen LogP contribution in [-0.2, 0) is 9.47 Å². The highest BCUT2D eigenvalue weighted by molar-refractivity contribution is 7.99. The number of hydrogen-bond donors (Lipinski definition) is 0. The third-order valence-electron chi connectivity index (χ3n) is 3.72. The Kier molecular flexibility index (Phi) is 18.4. The van der Waals surface area contributed by atoms with Crippen molar-refractivity contribution in [1.29, 1.82) is 0 Å². The van der Waals surface area contributed by atoms with Crippen LogP contribution >= 0.6 is 23.4 Å². The van der Waals surface area contributed by atoms with Gasteiger partial charge in [0.1, 0.15) is 0 Å². The summed E-state index contributed by atoms with van der Waals surface area (Å²) >= 11 is 8.33. The highest BCUT2D eigenvalue weighted by Crippen LogP contribution is 2.15. The van der Waals surface area contributed by atoms with Gasteiger partial charge >= 0.3 is 0 Å². The smallest absolute Gasteiger partial charge is 0.0711 e. The van der Waals surface area contributed by atoms with Crippen molar-refractivity contribution >= 4 is 23.4 Å². The molecule has 0 spiro atoms. The standard InChI is InChI=1S/C18H37ClO2S/c1-4-6-8-10-15-22-16-14-20-12-13-21-17(3)18(19)11-9-7-5-2/h17-18H,4-16H2,1-3H3/t17-,18+/m0/s1. The molecule has 0 saturated heterocycles. The molecular weight excluding hydrogens is 316 g/mol. The molecule has 0 N–H and O–H groups in total. The average molecular weight is 353 g/mol. The molecule has 0 unspecified atom stereocenters.